The lowest BCUT2D eigenvalue weighted by molar-refractivity contribution is -0.0101. The molecule has 0 aromatic carbocycles. The molecule has 1 fully saturated rings. The van der Waals surface area contributed by atoms with Crippen LogP contribution in [0.5, 0.6) is 0 Å². The molecule has 1 saturated heterocycles. The van der Waals surface area contributed by atoms with E-state index < -0.39 is 0 Å². The number of halogens is 1. The van der Waals surface area contributed by atoms with E-state index in [2.05, 4.69) is 15.4 Å². The van der Waals surface area contributed by atoms with Gasteiger partial charge in [0.15, 0.2) is 0 Å². The van der Waals surface area contributed by atoms with Gasteiger partial charge in [0.25, 0.3) is 0 Å². The molecule has 3 N–H and O–H groups in total. The highest BCUT2D eigenvalue weighted by Crippen LogP contribution is 2.30. The molecule has 0 bridgehead atoms. The first kappa shape index (κ1) is 15.7. The molecule has 0 amide bonds. The van der Waals surface area contributed by atoms with Gasteiger partial charge < -0.3 is 9.64 Å². The zero-order chi connectivity index (χ0) is 14.5. The highest BCUT2D eigenvalue weighted by atomic mass is 35.5. The van der Waals surface area contributed by atoms with Gasteiger partial charge in [-0.05, 0) is 33.4 Å². The second-order valence-corrected chi connectivity index (χ2v) is 5.86. The molecule has 1 aromatic rings. The van der Waals surface area contributed by atoms with Crippen molar-refractivity contribution < 1.29 is 4.74 Å². The van der Waals surface area contributed by atoms with E-state index in [4.69, 9.17) is 22.2 Å². The van der Waals surface area contributed by atoms with Crippen molar-refractivity contribution in [3.05, 3.63) is 16.9 Å². The van der Waals surface area contributed by atoms with Gasteiger partial charge in [-0.2, -0.15) is 5.10 Å². The van der Waals surface area contributed by atoms with E-state index in [1.807, 2.05) is 18.8 Å². The number of ether oxygens (including phenoxy) is 1. The second-order valence-electron chi connectivity index (χ2n) is 5.45. The maximum atomic E-state index is 6.30. The van der Waals surface area contributed by atoms with Crippen LogP contribution in [-0.4, -0.2) is 48.0 Å². The molecule has 0 aliphatic carbocycles. The minimum atomic E-state index is -0.118. The largest absolute Gasteiger partial charge is 0.376 e. The van der Waals surface area contributed by atoms with Crippen LogP contribution in [0.1, 0.15) is 31.0 Å². The van der Waals surface area contributed by atoms with Crippen LogP contribution in [0.25, 0.3) is 0 Å². The SMILES string of the molecule is CN(C)CCn1ncc(Cl)c1C(NN)C1CCCCO1. The highest BCUT2D eigenvalue weighted by molar-refractivity contribution is 6.31. The van der Waals surface area contributed by atoms with Crippen molar-refractivity contribution in [2.75, 3.05) is 27.2 Å². The van der Waals surface area contributed by atoms with Crippen molar-refractivity contribution in [2.45, 2.75) is 38.0 Å². The number of hydrazine groups is 1. The minimum Gasteiger partial charge on any atom is -0.376 e. The molecule has 6 nitrogen and oxygen atoms in total. The predicted molar refractivity (Wildman–Crippen MR) is 79.4 cm³/mol. The number of rotatable bonds is 6. The van der Waals surface area contributed by atoms with Crippen LogP contribution >= 0.6 is 11.6 Å². The highest BCUT2D eigenvalue weighted by Gasteiger charge is 2.29. The number of nitrogens with one attached hydrogen (secondary N) is 1. The monoisotopic (exact) mass is 301 g/mol. The van der Waals surface area contributed by atoms with Gasteiger partial charge in [0.05, 0.1) is 35.6 Å². The average molecular weight is 302 g/mol. The third-order valence-electron chi connectivity index (χ3n) is 3.65. The van der Waals surface area contributed by atoms with Crippen molar-refractivity contribution in [3.63, 3.8) is 0 Å². The molecule has 114 valence electrons. The van der Waals surface area contributed by atoms with Crippen molar-refractivity contribution in [3.8, 4) is 0 Å². The zero-order valence-electron chi connectivity index (χ0n) is 12.2. The van der Waals surface area contributed by atoms with Gasteiger partial charge in [-0.1, -0.05) is 11.6 Å². The Kier molecular flexibility index (Phi) is 5.80. The summed E-state index contributed by atoms with van der Waals surface area (Å²) in [4.78, 5) is 2.11. The Labute approximate surface area is 125 Å². The summed E-state index contributed by atoms with van der Waals surface area (Å²) >= 11 is 6.30. The molecule has 2 heterocycles. The Morgan fingerprint density at radius 3 is 3.00 bits per heavy atom. The third kappa shape index (κ3) is 3.71. The summed E-state index contributed by atoms with van der Waals surface area (Å²) in [7, 11) is 4.07. The molecule has 2 rings (SSSR count). The Hall–Kier alpha value is -0.660. The van der Waals surface area contributed by atoms with Gasteiger partial charge in [-0.3, -0.25) is 10.5 Å². The molecule has 1 aromatic heterocycles. The van der Waals surface area contributed by atoms with E-state index in [0.717, 1.165) is 44.7 Å². The molecule has 7 heteroatoms. The molecule has 0 spiro atoms. The first-order valence-electron chi connectivity index (χ1n) is 7.07. The molecular formula is C13H24ClN5O. The fourth-order valence-electron chi connectivity index (χ4n) is 2.54. The smallest absolute Gasteiger partial charge is 0.0905 e. The molecule has 2 atom stereocenters. The zero-order valence-corrected chi connectivity index (χ0v) is 12.9. The van der Waals surface area contributed by atoms with Gasteiger partial charge >= 0.3 is 0 Å². The van der Waals surface area contributed by atoms with Gasteiger partial charge in [-0.15, -0.1) is 0 Å². The second kappa shape index (κ2) is 7.38. The lowest BCUT2D eigenvalue weighted by Crippen LogP contribution is -2.41. The first-order chi connectivity index (χ1) is 9.63. The first-order valence-corrected chi connectivity index (χ1v) is 7.45. The number of nitrogens with zero attached hydrogens (tertiary/aromatic N) is 3. The van der Waals surface area contributed by atoms with Crippen molar-refractivity contribution >= 4 is 11.6 Å². The van der Waals surface area contributed by atoms with Gasteiger partial charge in [0.1, 0.15) is 0 Å². The summed E-state index contributed by atoms with van der Waals surface area (Å²) in [5.41, 5.74) is 3.78. The Bertz CT molecular complexity index is 417. The fourth-order valence-corrected chi connectivity index (χ4v) is 2.80. The Morgan fingerprint density at radius 2 is 2.40 bits per heavy atom. The lowest BCUT2D eigenvalue weighted by atomic mass is 10.00. The molecule has 0 saturated carbocycles. The molecule has 1 aliphatic rings. The van der Waals surface area contributed by atoms with E-state index in [1.54, 1.807) is 6.20 Å². The summed E-state index contributed by atoms with van der Waals surface area (Å²) in [5.74, 6) is 5.75. The standard InChI is InChI=1S/C13H24ClN5O/c1-18(2)6-7-19-13(10(14)9-16-19)12(17-15)11-5-3-4-8-20-11/h9,11-12,17H,3-8,15H2,1-2H3. The number of likely N-dealkylation sites (N-methyl/N-ethyl adjacent to an activating group) is 1. The van der Waals surface area contributed by atoms with Gasteiger partial charge in [0, 0.05) is 13.2 Å². The maximum absolute atomic E-state index is 6.30. The fraction of sp³-hybridized carbons (Fsp3) is 0.769. The van der Waals surface area contributed by atoms with Crippen molar-refractivity contribution in [1.29, 1.82) is 0 Å². The van der Waals surface area contributed by atoms with Crippen LogP contribution < -0.4 is 11.3 Å². The van der Waals surface area contributed by atoms with E-state index in [1.165, 1.54) is 0 Å². The van der Waals surface area contributed by atoms with Crippen LogP contribution in [0.2, 0.25) is 5.02 Å². The number of aromatic nitrogens is 2. The van der Waals surface area contributed by atoms with Crippen molar-refractivity contribution in [2.24, 2.45) is 5.84 Å². The Morgan fingerprint density at radius 1 is 1.60 bits per heavy atom. The summed E-state index contributed by atoms with van der Waals surface area (Å²) in [6.07, 6.45) is 5.00. The normalized spacial score (nSPS) is 21.4. The maximum Gasteiger partial charge on any atom is 0.0905 e. The van der Waals surface area contributed by atoms with Crippen LogP contribution in [0, 0.1) is 0 Å². The summed E-state index contributed by atoms with van der Waals surface area (Å²) in [6.45, 7) is 2.46. The van der Waals surface area contributed by atoms with Gasteiger partial charge in [-0.25, -0.2) is 5.43 Å². The van der Waals surface area contributed by atoms with Crippen LogP contribution in [0.4, 0.5) is 0 Å². The van der Waals surface area contributed by atoms with Crippen molar-refractivity contribution in [1.82, 2.24) is 20.1 Å². The molecule has 0 radical (unpaired) electrons. The molecular weight excluding hydrogens is 278 g/mol. The van der Waals surface area contributed by atoms with Crippen LogP contribution in [0.3, 0.4) is 0 Å². The predicted octanol–water partition coefficient (Wildman–Crippen LogP) is 1.17. The van der Waals surface area contributed by atoms with E-state index >= 15 is 0 Å². The van der Waals surface area contributed by atoms with Crippen LogP contribution in [0.15, 0.2) is 6.20 Å². The lowest BCUT2D eigenvalue weighted by Gasteiger charge is -2.30. The van der Waals surface area contributed by atoms with E-state index in [9.17, 15) is 0 Å². The van der Waals surface area contributed by atoms with Crippen LogP contribution in [-0.2, 0) is 11.3 Å². The molecule has 2 unspecified atom stereocenters. The summed E-state index contributed by atoms with van der Waals surface area (Å²) in [6, 6.07) is -0.118. The minimum absolute atomic E-state index is 0.0565. The Balaban J connectivity index is 2.17. The van der Waals surface area contributed by atoms with Gasteiger partial charge in [0.2, 0.25) is 0 Å². The number of hydrogen-bond donors (Lipinski definition) is 2. The summed E-state index contributed by atoms with van der Waals surface area (Å²) in [5, 5.41) is 5.00. The third-order valence-corrected chi connectivity index (χ3v) is 3.94. The summed E-state index contributed by atoms with van der Waals surface area (Å²) < 4.78 is 7.76. The molecule has 20 heavy (non-hydrogen) atoms. The van der Waals surface area contributed by atoms with E-state index in [0.29, 0.717) is 5.02 Å². The topological polar surface area (TPSA) is 68.3 Å². The molecule has 1 aliphatic heterocycles. The quantitative estimate of drug-likeness (QED) is 0.610. The van der Waals surface area contributed by atoms with E-state index in [-0.39, 0.29) is 12.1 Å². The average Bonchev–Trinajstić information content (AvgIpc) is 2.80. The number of hydrogen-bond acceptors (Lipinski definition) is 5. The number of nitrogens with two attached hydrogens (primary N) is 1.